The monoisotopic (exact) mass is 288 g/mol. The number of rotatable bonds is 2. The van der Waals surface area contributed by atoms with Gasteiger partial charge in [-0.05, 0) is 6.07 Å². The zero-order chi connectivity index (χ0) is 14.2. The van der Waals surface area contributed by atoms with E-state index in [0.717, 1.165) is 0 Å². The second-order valence-electron chi connectivity index (χ2n) is 3.81. The minimum atomic E-state index is -1.73. The highest BCUT2D eigenvalue weighted by atomic mass is 35.5. The summed E-state index contributed by atoms with van der Waals surface area (Å²) in [4.78, 5) is 3.67. The van der Waals surface area contributed by atoms with Crippen LogP contribution >= 0.6 is 11.6 Å². The van der Waals surface area contributed by atoms with E-state index in [0.29, 0.717) is 12.1 Å². The normalized spacial score (nSPS) is 12.5. The van der Waals surface area contributed by atoms with Crippen LogP contribution in [-0.2, 0) is 0 Å². The summed E-state index contributed by atoms with van der Waals surface area (Å²) >= 11 is 5.68. The summed E-state index contributed by atoms with van der Waals surface area (Å²) in [6.07, 6.45) is -0.503. The van der Waals surface area contributed by atoms with Gasteiger partial charge in [-0.15, -0.1) is 0 Å². The lowest BCUT2D eigenvalue weighted by Gasteiger charge is -2.15. The molecule has 0 saturated heterocycles. The summed E-state index contributed by atoms with van der Waals surface area (Å²) in [6, 6.07) is 2.17. The summed E-state index contributed by atoms with van der Waals surface area (Å²) < 4.78 is 39.9. The summed E-state index contributed by atoms with van der Waals surface area (Å²) in [5, 5.41) is 10.1. The van der Waals surface area contributed by atoms with Crippen molar-refractivity contribution in [1.82, 2.24) is 4.98 Å². The maximum Gasteiger partial charge on any atom is 0.135 e. The van der Waals surface area contributed by atoms with Crippen molar-refractivity contribution >= 4 is 17.4 Å². The number of hydrogen-bond acceptors (Lipinski definition) is 3. The van der Waals surface area contributed by atoms with Crippen molar-refractivity contribution in [3.05, 3.63) is 58.0 Å². The number of aromatic nitrogens is 1. The number of benzene rings is 1. The van der Waals surface area contributed by atoms with Gasteiger partial charge >= 0.3 is 0 Å². The van der Waals surface area contributed by atoms with Crippen LogP contribution in [-0.4, -0.2) is 10.1 Å². The number of anilines is 1. The second kappa shape index (κ2) is 5.07. The van der Waals surface area contributed by atoms with Crippen LogP contribution in [0.2, 0.25) is 5.02 Å². The first-order chi connectivity index (χ1) is 8.90. The lowest BCUT2D eigenvalue weighted by atomic mass is 10.0. The molecule has 0 saturated carbocycles. The van der Waals surface area contributed by atoms with Crippen LogP contribution in [0.4, 0.5) is 19.0 Å². The molecule has 1 aromatic heterocycles. The topological polar surface area (TPSA) is 59.1 Å². The molecule has 1 heterocycles. The molecule has 2 rings (SSSR count). The molecule has 0 bridgehead atoms. The van der Waals surface area contributed by atoms with Crippen LogP contribution in [0.5, 0.6) is 0 Å². The van der Waals surface area contributed by atoms with Gasteiger partial charge in [0.15, 0.2) is 0 Å². The van der Waals surface area contributed by atoms with Gasteiger partial charge < -0.3 is 10.8 Å². The predicted octanol–water partition coefficient (Wildman–Crippen LogP) is 2.82. The van der Waals surface area contributed by atoms with Gasteiger partial charge in [0, 0.05) is 23.9 Å². The molecule has 0 aliphatic heterocycles. The highest BCUT2D eigenvalue weighted by Gasteiger charge is 2.23. The molecular formula is C12H8ClF3N2O. The van der Waals surface area contributed by atoms with E-state index in [1.807, 2.05) is 0 Å². The lowest BCUT2D eigenvalue weighted by Crippen LogP contribution is -2.10. The van der Waals surface area contributed by atoms with Crippen molar-refractivity contribution in [2.24, 2.45) is 0 Å². The zero-order valence-corrected chi connectivity index (χ0v) is 10.1. The number of pyridine rings is 1. The average Bonchev–Trinajstić information content (AvgIpc) is 2.30. The Balaban J connectivity index is 2.56. The van der Waals surface area contributed by atoms with E-state index >= 15 is 0 Å². The van der Waals surface area contributed by atoms with Gasteiger partial charge in [-0.3, -0.25) is 0 Å². The third-order valence-corrected chi connectivity index (χ3v) is 2.73. The summed E-state index contributed by atoms with van der Waals surface area (Å²) in [6.45, 7) is 0. The molecule has 1 unspecified atom stereocenters. The maximum atomic E-state index is 13.5. The molecule has 0 aliphatic carbocycles. The van der Waals surface area contributed by atoms with Gasteiger partial charge in [0.2, 0.25) is 0 Å². The van der Waals surface area contributed by atoms with Crippen molar-refractivity contribution in [3.8, 4) is 0 Å². The lowest BCUT2D eigenvalue weighted by molar-refractivity contribution is 0.209. The van der Waals surface area contributed by atoms with Crippen LogP contribution in [0.3, 0.4) is 0 Å². The molecular weight excluding hydrogens is 281 g/mol. The Bertz CT molecular complexity index is 613. The molecule has 7 heteroatoms. The van der Waals surface area contributed by atoms with E-state index in [-0.39, 0.29) is 16.4 Å². The largest absolute Gasteiger partial charge is 0.383 e. The number of nitrogens with two attached hydrogens (primary N) is 1. The SMILES string of the molecule is Nc1ncc(Cl)cc1C(O)c1c(F)cc(F)cc1F. The Labute approximate surface area is 111 Å². The van der Waals surface area contributed by atoms with E-state index < -0.39 is 29.1 Å². The molecule has 1 atom stereocenters. The highest BCUT2D eigenvalue weighted by molar-refractivity contribution is 6.30. The van der Waals surface area contributed by atoms with E-state index in [1.54, 1.807) is 0 Å². The van der Waals surface area contributed by atoms with Gasteiger partial charge in [-0.2, -0.15) is 0 Å². The molecule has 0 aliphatic rings. The summed E-state index contributed by atoms with van der Waals surface area (Å²) in [5.41, 5.74) is 4.74. The van der Waals surface area contributed by atoms with Crippen molar-refractivity contribution in [2.45, 2.75) is 6.10 Å². The van der Waals surface area contributed by atoms with Crippen LogP contribution in [0, 0.1) is 17.5 Å². The number of nitrogens with zero attached hydrogens (tertiary/aromatic N) is 1. The van der Waals surface area contributed by atoms with Gasteiger partial charge in [-0.25, -0.2) is 18.2 Å². The molecule has 0 fully saturated rings. The fourth-order valence-electron chi connectivity index (χ4n) is 1.65. The fourth-order valence-corrected chi connectivity index (χ4v) is 1.82. The maximum absolute atomic E-state index is 13.5. The van der Waals surface area contributed by atoms with E-state index in [9.17, 15) is 18.3 Å². The first-order valence-electron chi connectivity index (χ1n) is 5.13. The Kier molecular flexibility index (Phi) is 3.64. The molecule has 100 valence electrons. The summed E-state index contributed by atoms with van der Waals surface area (Å²) in [5.74, 6) is -3.64. The van der Waals surface area contributed by atoms with Crippen LogP contribution in [0.25, 0.3) is 0 Å². The highest BCUT2D eigenvalue weighted by Crippen LogP contribution is 2.31. The Morgan fingerprint density at radius 1 is 1.16 bits per heavy atom. The van der Waals surface area contributed by atoms with Crippen molar-refractivity contribution in [3.63, 3.8) is 0 Å². The fraction of sp³-hybridized carbons (Fsp3) is 0.0833. The smallest absolute Gasteiger partial charge is 0.135 e. The molecule has 0 radical (unpaired) electrons. The summed E-state index contributed by atoms with van der Waals surface area (Å²) in [7, 11) is 0. The quantitative estimate of drug-likeness (QED) is 0.893. The minimum Gasteiger partial charge on any atom is -0.383 e. The molecule has 19 heavy (non-hydrogen) atoms. The van der Waals surface area contributed by atoms with Gasteiger partial charge in [0.05, 0.1) is 10.6 Å². The molecule has 2 aromatic rings. The number of aliphatic hydroxyl groups is 1. The minimum absolute atomic E-state index is 0.0584. The van der Waals surface area contributed by atoms with Gasteiger partial charge in [0.1, 0.15) is 29.4 Å². The second-order valence-corrected chi connectivity index (χ2v) is 4.25. The van der Waals surface area contributed by atoms with E-state index in [1.165, 1.54) is 12.3 Å². The molecule has 3 nitrogen and oxygen atoms in total. The van der Waals surface area contributed by atoms with Gasteiger partial charge in [0.25, 0.3) is 0 Å². The number of halogens is 4. The number of aliphatic hydroxyl groups excluding tert-OH is 1. The van der Waals surface area contributed by atoms with E-state index in [4.69, 9.17) is 17.3 Å². The van der Waals surface area contributed by atoms with E-state index in [2.05, 4.69) is 4.98 Å². The Morgan fingerprint density at radius 3 is 2.32 bits per heavy atom. The standard InChI is InChI=1S/C12H8ClF3N2O/c13-5-1-7(12(17)18-4-5)11(19)10-8(15)2-6(14)3-9(10)16/h1-4,11,19H,(H2,17,18). The van der Waals surface area contributed by atoms with Gasteiger partial charge in [-0.1, -0.05) is 11.6 Å². The molecule has 0 amide bonds. The first-order valence-corrected chi connectivity index (χ1v) is 5.51. The number of nitrogen functional groups attached to an aromatic ring is 1. The molecule has 3 N–H and O–H groups in total. The first kappa shape index (κ1) is 13.6. The number of hydrogen-bond donors (Lipinski definition) is 2. The van der Waals surface area contributed by atoms with Crippen LogP contribution in [0.15, 0.2) is 24.4 Å². The van der Waals surface area contributed by atoms with Crippen molar-refractivity contribution in [2.75, 3.05) is 5.73 Å². The zero-order valence-electron chi connectivity index (χ0n) is 9.37. The Morgan fingerprint density at radius 2 is 1.74 bits per heavy atom. The third-order valence-electron chi connectivity index (χ3n) is 2.53. The third kappa shape index (κ3) is 2.64. The van der Waals surface area contributed by atoms with Crippen LogP contribution < -0.4 is 5.73 Å². The van der Waals surface area contributed by atoms with Crippen molar-refractivity contribution < 1.29 is 18.3 Å². The molecule has 1 aromatic carbocycles. The Hall–Kier alpha value is -1.79. The predicted molar refractivity (Wildman–Crippen MR) is 64.0 cm³/mol. The van der Waals surface area contributed by atoms with Crippen LogP contribution in [0.1, 0.15) is 17.2 Å². The average molecular weight is 289 g/mol. The molecule has 0 spiro atoms. The van der Waals surface area contributed by atoms with Crippen molar-refractivity contribution in [1.29, 1.82) is 0 Å².